The average Bonchev–Trinajstić information content (AvgIpc) is 3.01. The van der Waals surface area contributed by atoms with E-state index in [1.807, 2.05) is 0 Å². The van der Waals surface area contributed by atoms with E-state index in [9.17, 15) is 32.9 Å². The van der Waals surface area contributed by atoms with Crippen molar-refractivity contribution >= 4 is 17.7 Å². The highest BCUT2D eigenvalue weighted by atomic mass is 19.4. The first-order valence-electron chi connectivity index (χ1n) is 7.60. The number of amides is 2. The van der Waals surface area contributed by atoms with E-state index >= 15 is 0 Å². The number of carboxylic acids is 1. The molecular formula is C15H16F3N3O5. The van der Waals surface area contributed by atoms with E-state index in [1.165, 1.54) is 31.2 Å². The molecule has 1 aromatic rings. The first-order chi connectivity index (χ1) is 12.0. The van der Waals surface area contributed by atoms with E-state index in [2.05, 4.69) is 5.32 Å². The van der Waals surface area contributed by atoms with E-state index in [0.717, 1.165) is 4.90 Å². The Balaban J connectivity index is 2.09. The Kier molecular flexibility index (Phi) is 5.38. The van der Waals surface area contributed by atoms with Gasteiger partial charge in [-0.25, -0.2) is 4.79 Å². The highest BCUT2D eigenvalue weighted by Crippen LogP contribution is 2.37. The van der Waals surface area contributed by atoms with Crippen molar-refractivity contribution in [2.24, 2.45) is 11.8 Å². The fourth-order valence-electron chi connectivity index (χ4n) is 2.82. The third-order valence-corrected chi connectivity index (χ3v) is 4.27. The molecular weight excluding hydrogens is 359 g/mol. The number of rotatable bonds is 4. The molecule has 11 heteroatoms. The number of carbonyl (C=O) groups excluding carboxylic acids is 1. The van der Waals surface area contributed by atoms with Gasteiger partial charge in [0.1, 0.15) is 0 Å². The summed E-state index contributed by atoms with van der Waals surface area (Å²) in [6.07, 6.45) is -4.73. The summed E-state index contributed by atoms with van der Waals surface area (Å²) in [4.78, 5) is 34.2. The molecule has 26 heavy (non-hydrogen) atoms. The number of likely N-dealkylation sites (tertiary alicyclic amines) is 1. The lowest BCUT2D eigenvalue weighted by atomic mass is 9.96. The number of hydrogen-bond acceptors (Lipinski definition) is 4. The van der Waals surface area contributed by atoms with Gasteiger partial charge < -0.3 is 15.3 Å². The highest BCUT2D eigenvalue weighted by Gasteiger charge is 2.53. The van der Waals surface area contributed by atoms with Crippen LogP contribution in [0.4, 0.5) is 23.7 Å². The minimum atomic E-state index is -4.73. The number of urea groups is 1. The number of non-ortho nitro benzene ring substituents is 1. The quantitative estimate of drug-likeness (QED) is 0.620. The van der Waals surface area contributed by atoms with Crippen LogP contribution in [0.5, 0.6) is 0 Å². The molecule has 1 aliphatic heterocycles. The van der Waals surface area contributed by atoms with Gasteiger partial charge >= 0.3 is 18.2 Å². The number of nitrogens with zero attached hydrogens (tertiary/aromatic N) is 2. The van der Waals surface area contributed by atoms with Crippen molar-refractivity contribution in [2.75, 3.05) is 13.1 Å². The standard InChI is InChI=1S/C15H16F3N3O5/c1-8(9-3-2-4-10(5-9)21(25)26)19-14(24)20-6-11(13(22)23)12(7-20)15(16,17)18/h2-5,8,11-12H,6-7H2,1H3,(H,19,24)(H,22,23)/t8?,11-,12-/m1/s1. The minimum absolute atomic E-state index is 0.187. The molecule has 1 fully saturated rings. The number of nitro benzene ring substituents is 1. The number of halogens is 3. The topological polar surface area (TPSA) is 113 Å². The zero-order valence-corrected chi connectivity index (χ0v) is 13.6. The molecule has 8 nitrogen and oxygen atoms in total. The summed E-state index contributed by atoms with van der Waals surface area (Å²) in [5.41, 5.74) is 0.210. The fraction of sp³-hybridized carbons (Fsp3) is 0.467. The molecule has 1 heterocycles. The Bertz CT molecular complexity index is 725. The monoisotopic (exact) mass is 375 g/mol. The third kappa shape index (κ3) is 4.21. The highest BCUT2D eigenvalue weighted by molar-refractivity contribution is 5.78. The molecule has 1 aromatic carbocycles. The molecule has 142 valence electrons. The number of aliphatic carboxylic acids is 1. The van der Waals surface area contributed by atoms with Crippen molar-refractivity contribution in [3.63, 3.8) is 0 Å². The average molecular weight is 375 g/mol. The molecule has 3 atom stereocenters. The van der Waals surface area contributed by atoms with Gasteiger partial charge in [-0.1, -0.05) is 12.1 Å². The number of alkyl halides is 3. The van der Waals surface area contributed by atoms with Crippen LogP contribution in [0.25, 0.3) is 0 Å². The summed E-state index contributed by atoms with van der Waals surface area (Å²) in [6, 6.07) is 3.89. The lowest BCUT2D eigenvalue weighted by molar-refractivity contribution is -0.384. The van der Waals surface area contributed by atoms with Crippen molar-refractivity contribution in [1.82, 2.24) is 10.2 Å². The van der Waals surface area contributed by atoms with Crippen LogP contribution in [0, 0.1) is 22.0 Å². The maximum atomic E-state index is 13.0. The summed E-state index contributed by atoms with van der Waals surface area (Å²) >= 11 is 0. The fourth-order valence-corrected chi connectivity index (χ4v) is 2.82. The largest absolute Gasteiger partial charge is 0.481 e. The SMILES string of the molecule is CC(NC(=O)N1C[C@@H](C(F)(F)F)[C@H](C(=O)O)C1)c1cccc([N+](=O)[O-])c1. The smallest absolute Gasteiger partial charge is 0.394 e. The second-order valence-corrected chi connectivity index (χ2v) is 6.02. The van der Waals surface area contributed by atoms with Gasteiger partial charge in [-0.2, -0.15) is 13.2 Å². The molecule has 0 bridgehead atoms. The Morgan fingerprint density at radius 2 is 2.04 bits per heavy atom. The van der Waals surface area contributed by atoms with Crippen LogP contribution < -0.4 is 5.32 Å². The van der Waals surface area contributed by atoms with Gasteiger partial charge in [0, 0.05) is 25.2 Å². The van der Waals surface area contributed by atoms with Gasteiger partial charge in [0.25, 0.3) is 5.69 Å². The Morgan fingerprint density at radius 1 is 1.38 bits per heavy atom. The molecule has 1 unspecified atom stereocenters. The van der Waals surface area contributed by atoms with Crippen molar-refractivity contribution < 1.29 is 32.8 Å². The summed E-state index contributed by atoms with van der Waals surface area (Å²) in [6.45, 7) is 0.198. The van der Waals surface area contributed by atoms with E-state index in [4.69, 9.17) is 5.11 Å². The van der Waals surface area contributed by atoms with Crippen molar-refractivity contribution in [3.8, 4) is 0 Å². The van der Waals surface area contributed by atoms with Crippen LogP contribution in [-0.2, 0) is 4.79 Å². The predicted molar refractivity (Wildman–Crippen MR) is 82.3 cm³/mol. The summed E-state index contributed by atoms with van der Waals surface area (Å²) in [5, 5.41) is 22.2. The molecule has 0 spiro atoms. The number of carboxylic acid groups (broad SMARTS) is 1. The number of carbonyl (C=O) groups is 2. The van der Waals surface area contributed by atoms with Gasteiger partial charge in [0.15, 0.2) is 0 Å². The van der Waals surface area contributed by atoms with Crippen molar-refractivity contribution in [1.29, 1.82) is 0 Å². The van der Waals surface area contributed by atoms with Gasteiger partial charge in [0.2, 0.25) is 0 Å². The number of hydrogen-bond donors (Lipinski definition) is 2. The first-order valence-corrected chi connectivity index (χ1v) is 7.60. The molecule has 1 saturated heterocycles. The van der Waals surface area contributed by atoms with E-state index in [0.29, 0.717) is 5.56 Å². The van der Waals surface area contributed by atoms with E-state index < -0.39 is 54.1 Å². The van der Waals surface area contributed by atoms with Gasteiger partial charge in [-0.3, -0.25) is 14.9 Å². The molecule has 0 radical (unpaired) electrons. The van der Waals surface area contributed by atoms with Crippen molar-refractivity contribution in [3.05, 3.63) is 39.9 Å². The maximum absolute atomic E-state index is 13.0. The molecule has 0 aromatic heterocycles. The summed E-state index contributed by atoms with van der Waals surface area (Å²) in [7, 11) is 0. The van der Waals surface area contributed by atoms with Gasteiger partial charge in [0.05, 0.1) is 22.8 Å². The van der Waals surface area contributed by atoms with Crippen LogP contribution in [0.2, 0.25) is 0 Å². The lowest BCUT2D eigenvalue weighted by Crippen LogP contribution is -2.40. The van der Waals surface area contributed by atoms with E-state index in [-0.39, 0.29) is 5.69 Å². The zero-order chi connectivity index (χ0) is 19.6. The van der Waals surface area contributed by atoms with E-state index in [1.54, 1.807) is 0 Å². The molecule has 0 aliphatic carbocycles. The number of benzene rings is 1. The molecule has 0 saturated carbocycles. The summed E-state index contributed by atoms with van der Waals surface area (Å²) in [5.74, 6) is -5.48. The second kappa shape index (κ2) is 7.18. The third-order valence-electron chi connectivity index (χ3n) is 4.27. The Hall–Kier alpha value is -2.85. The molecule has 2 rings (SSSR count). The number of nitro groups is 1. The molecule has 1 aliphatic rings. The first kappa shape index (κ1) is 19.5. The van der Waals surface area contributed by atoms with Crippen LogP contribution >= 0.6 is 0 Å². The van der Waals surface area contributed by atoms with Crippen LogP contribution in [0.1, 0.15) is 18.5 Å². The second-order valence-electron chi connectivity index (χ2n) is 6.02. The van der Waals surface area contributed by atoms with Gasteiger partial charge in [-0.05, 0) is 12.5 Å². The van der Waals surface area contributed by atoms with Gasteiger partial charge in [-0.15, -0.1) is 0 Å². The Morgan fingerprint density at radius 3 is 2.54 bits per heavy atom. The maximum Gasteiger partial charge on any atom is 0.394 e. The molecule has 2 N–H and O–H groups in total. The lowest BCUT2D eigenvalue weighted by Gasteiger charge is -2.21. The van der Waals surface area contributed by atoms with Crippen molar-refractivity contribution in [2.45, 2.75) is 19.1 Å². The minimum Gasteiger partial charge on any atom is -0.481 e. The Labute approximate surface area is 145 Å². The zero-order valence-electron chi connectivity index (χ0n) is 13.6. The molecule has 2 amide bonds. The number of nitrogens with one attached hydrogen (secondary N) is 1. The normalized spacial score (nSPS) is 21.3. The van der Waals surface area contributed by atoms with Crippen LogP contribution in [-0.4, -0.2) is 46.2 Å². The summed E-state index contributed by atoms with van der Waals surface area (Å²) < 4.78 is 38.9. The predicted octanol–water partition coefficient (Wildman–Crippen LogP) is 2.56. The van der Waals surface area contributed by atoms with Crippen LogP contribution in [0.3, 0.4) is 0 Å². The van der Waals surface area contributed by atoms with Crippen LogP contribution in [0.15, 0.2) is 24.3 Å².